The van der Waals surface area contributed by atoms with Crippen LogP contribution in [0.2, 0.25) is 0 Å². The average molecular weight is 243 g/mol. The smallest absolute Gasteiger partial charge is 0.157 e. The van der Waals surface area contributed by atoms with Gasteiger partial charge in [-0.15, -0.1) is 0 Å². The highest BCUT2D eigenvalue weighted by molar-refractivity contribution is 7.92. The fraction of sp³-hybridized carbons (Fsp3) is 0.455. The number of hydrogen-bond acceptors (Lipinski definition) is 4. The van der Waals surface area contributed by atoms with Gasteiger partial charge in [0.2, 0.25) is 0 Å². The van der Waals surface area contributed by atoms with Crippen LogP contribution in [0.1, 0.15) is 18.5 Å². The van der Waals surface area contributed by atoms with Crippen molar-refractivity contribution in [1.82, 2.24) is 0 Å². The molecule has 0 aliphatic rings. The van der Waals surface area contributed by atoms with Gasteiger partial charge in [0.05, 0.1) is 6.61 Å². The first-order valence-corrected chi connectivity index (χ1v) is 6.87. The maximum absolute atomic E-state index is 11.7. The molecule has 0 saturated carbocycles. The Morgan fingerprint density at radius 3 is 2.31 bits per heavy atom. The monoisotopic (exact) mass is 243 g/mol. The Morgan fingerprint density at radius 1 is 1.31 bits per heavy atom. The van der Waals surface area contributed by atoms with E-state index in [0.717, 1.165) is 5.56 Å². The highest BCUT2D eigenvalue weighted by Gasteiger charge is 2.30. The van der Waals surface area contributed by atoms with Gasteiger partial charge < -0.3 is 10.8 Å². The molecule has 5 heteroatoms. The molecule has 0 aliphatic heterocycles. The van der Waals surface area contributed by atoms with E-state index >= 15 is 0 Å². The van der Waals surface area contributed by atoms with E-state index in [1.165, 1.54) is 0 Å². The maximum Gasteiger partial charge on any atom is 0.157 e. The molecule has 16 heavy (non-hydrogen) atoms. The molecule has 0 bridgehead atoms. The summed E-state index contributed by atoms with van der Waals surface area (Å²) >= 11 is 0. The van der Waals surface area contributed by atoms with Gasteiger partial charge in [0.15, 0.2) is 9.84 Å². The summed E-state index contributed by atoms with van der Waals surface area (Å²) in [4.78, 5) is 0. The summed E-state index contributed by atoms with van der Waals surface area (Å²) < 4.78 is 23.4. The highest BCUT2D eigenvalue weighted by atomic mass is 32.2. The molecule has 4 nitrogen and oxygen atoms in total. The molecule has 1 aromatic rings. The molecule has 1 aromatic carbocycles. The van der Waals surface area contributed by atoms with E-state index < -0.39 is 27.7 Å². The van der Waals surface area contributed by atoms with Gasteiger partial charge in [-0.3, -0.25) is 0 Å². The Labute approximate surface area is 96.0 Å². The van der Waals surface area contributed by atoms with Crippen molar-refractivity contribution in [3.63, 3.8) is 0 Å². The molecule has 0 amide bonds. The van der Waals surface area contributed by atoms with Crippen LogP contribution in [-0.4, -0.2) is 31.1 Å². The van der Waals surface area contributed by atoms with Crippen molar-refractivity contribution < 1.29 is 13.5 Å². The summed E-state index contributed by atoms with van der Waals surface area (Å²) in [5.41, 5.74) is 6.59. The molecule has 3 N–H and O–H groups in total. The SMILES string of the molecule is CCS(=O)(=O)[C@@H](CO)[C@@H](N)c1ccccc1. The third kappa shape index (κ3) is 2.81. The number of hydrogen-bond donors (Lipinski definition) is 2. The Hall–Kier alpha value is -0.910. The molecule has 1 rings (SSSR count). The summed E-state index contributed by atoms with van der Waals surface area (Å²) in [5.74, 6) is -0.0151. The second kappa shape index (κ2) is 5.43. The molecule has 0 fully saturated rings. The first-order chi connectivity index (χ1) is 7.53. The molecule has 0 radical (unpaired) electrons. The number of benzene rings is 1. The normalized spacial score (nSPS) is 15.7. The zero-order chi connectivity index (χ0) is 12.2. The molecular formula is C11H17NO3S. The summed E-state index contributed by atoms with van der Waals surface area (Å²) in [6.45, 7) is 1.10. The van der Waals surface area contributed by atoms with Crippen LogP contribution in [-0.2, 0) is 9.84 Å². The molecule has 0 spiro atoms. The van der Waals surface area contributed by atoms with Gasteiger partial charge in [0.1, 0.15) is 5.25 Å². The van der Waals surface area contributed by atoms with Crippen molar-refractivity contribution in [3.05, 3.63) is 35.9 Å². The number of rotatable bonds is 5. The lowest BCUT2D eigenvalue weighted by Gasteiger charge is -2.21. The van der Waals surface area contributed by atoms with Crippen molar-refractivity contribution in [2.45, 2.75) is 18.2 Å². The van der Waals surface area contributed by atoms with E-state index in [9.17, 15) is 8.42 Å². The van der Waals surface area contributed by atoms with E-state index in [1.807, 2.05) is 6.07 Å². The zero-order valence-corrected chi connectivity index (χ0v) is 10.0. The number of aliphatic hydroxyl groups is 1. The van der Waals surface area contributed by atoms with Crippen LogP contribution in [0.15, 0.2) is 30.3 Å². The summed E-state index contributed by atoms with van der Waals surface area (Å²) in [6, 6.07) is 8.26. The molecule has 0 aromatic heterocycles. The first kappa shape index (κ1) is 13.2. The average Bonchev–Trinajstić information content (AvgIpc) is 2.30. The molecule has 0 saturated heterocycles. The number of aliphatic hydroxyl groups excluding tert-OH is 1. The van der Waals surface area contributed by atoms with Crippen LogP contribution in [0.3, 0.4) is 0 Å². The molecule has 0 aliphatic carbocycles. The largest absolute Gasteiger partial charge is 0.395 e. The Kier molecular flexibility index (Phi) is 4.46. The van der Waals surface area contributed by atoms with Crippen LogP contribution in [0.5, 0.6) is 0 Å². The lowest BCUT2D eigenvalue weighted by molar-refractivity contribution is 0.277. The predicted octanol–water partition coefficient (Wildman–Crippen LogP) is 0.482. The topological polar surface area (TPSA) is 80.4 Å². The fourth-order valence-corrected chi connectivity index (χ4v) is 2.81. The Bertz CT molecular complexity index is 416. The van der Waals surface area contributed by atoms with Gasteiger partial charge in [-0.05, 0) is 5.56 Å². The lowest BCUT2D eigenvalue weighted by atomic mass is 10.1. The van der Waals surface area contributed by atoms with Crippen LogP contribution >= 0.6 is 0 Å². The maximum atomic E-state index is 11.7. The van der Waals surface area contributed by atoms with Gasteiger partial charge in [0.25, 0.3) is 0 Å². The van der Waals surface area contributed by atoms with Gasteiger partial charge in [-0.25, -0.2) is 8.42 Å². The summed E-state index contributed by atoms with van der Waals surface area (Å²) in [7, 11) is -3.33. The van der Waals surface area contributed by atoms with Gasteiger partial charge in [0, 0.05) is 11.8 Å². The minimum absolute atomic E-state index is 0.0151. The van der Waals surface area contributed by atoms with Crippen molar-refractivity contribution in [2.24, 2.45) is 5.73 Å². The van der Waals surface area contributed by atoms with Gasteiger partial charge in [-0.2, -0.15) is 0 Å². The summed E-state index contributed by atoms with van der Waals surface area (Å²) in [5, 5.41) is 8.23. The zero-order valence-electron chi connectivity index (χ0n) is 9.20. The van der Waals surface area contributed by atoms with Crippen LogP contribution < -0.4 is 5.73 Å². The van der Waals surface area contributed by atoms with Gasteiger partial charge >= 0.3 is 0 Å². The lowest BCUT2D eigenvalue weighted by Crippen LogP contribution is -2.37. The molecule has 0 unspecified atom stereocenters. The highest BCUT2D eigenvalue weighted by Crippen LogP contribution is 2.19. The third-order valence-electron chi connectivity index (χ3n) is 2.63. The minimum atomic E-state index is -3.33. The van der Waals surface area contributed by atoms with Crippen LogP contribution in [0.4, 0.5) is 0 Å². The van der Waals surface area contributed by atoms with E-state index in [4.69, 9.17) is 10.8 Å². The van der Waals surface area contributed by atoms with Crippen LogP contribution in [0, 0.1) is 0 Å². The molecular weight excluding hydrogens is 226 g/mol. The number of sulfone groups is 1. The number of nitrogens with two attached hydrogens (primary N) is 1. The Morgan fingerprint density at radius 2 is 1.88 bits per heavy atom. The van der Waals surface area contributed by atoms with Crippen molar-refractivity contribution in [3.8, 4) is 0 Å². The van der Waals surface area contributed by atoms with E-state index in [1.54, 1.807) is 31.2 Å². The molecule has 2 atom stereocenters. The van der Waals surface area contributed by atoms with Crippen molar-refractivity contribution >= 4 is 9.84 Å². The summed E-state index contributed by atoms with van der Waals surface area (Å²) in [6.07, 6.45) is 0. The van der Waals surface area contributed by atoms with E-state index in [-0.39, 0.29) is 5.75 Å². The van der Waals surface area contributed by atoms with E-state index in [0.29, 0.717) is 0 Å². The van der Waals surface area contributed by atoms with Gasteiger partial charge in [-0.1, -0.05) is 37.3 Å². The van der Waals surface area contributed by atoms with Crippen LogP contribution in [0.25, 0.3) is 0 Å². The predicted molar refractivity (Wildman–Crippen MR) is 63.7 cm³/mol. The molecule has 90 valence electrons. The standard InChI is InChI=1S/C11H17NO3S/c1-2-16(14,15)10(8-13)11(12)9-6-4-3-5-7-9/h3-7,10-11,13H,2,8,12H2,1H3/t10-,11-/m0/s1. The first-order valence-electron chi connectivity index (χ1n) is 5.16. The molecule has 0 heterocycles. The third-order valence-corrected chi connectivity index (χ3v) is 4.80. The van der Waals surface area contributed by atoms with Crippen molar-refractivity contribution in [2.75, 3.05) is 12.4 Å². The minimum Gasteiger partial charge on any atom is -0.395 e. The fourth-order valence-electron chi connectivity index (χ4n) is 1.55. The van der Waals surface area contributed by atoms with Crippen molar-refractivity contribution in [1.29, 1.82) is 0 Å². The quantitative estimate of drug-likeness (QED) is 0.788. The van der Waals surface area contributed by atoms with E-state index in [2.05, 4.69) is 0 Å². The second-order valence-electron chi connectivity index (χ2n) is 3.61. The second-order valence-corrected chi connectivity index (χ2v) is 6.12. The Balaban J connectivity index is 2.99.